The minimum absolute atomic E-state index is 0.294. The number of rotatable bonds is 2. The number of hydrogen-bond donors (Lipinski definition) is 1. The molecule has 1 aromatic rings. The Kier molecular flexibility index (Phi) is 4.23. The fourth-order valence-electron chi connectivity index (χ4n) is 2.67. The predicted molar refractivity (Wildman–Crippen MR) is 80.3 cm³/mol. The van der Waals surface area contributed by atoms with Crippen LogP contribution in [0, 0.1) is 11.8 Å². The summed E-state index contributed by atoms with van der Waals surface area (Å²) in [6, 6.07) is 4.82. The number of hydrogen-bond acceptors (Lipinski definition) is 3. The molecule has 0 amide bonds. The van der Waals surface area contributed by atoms with Gasteiger partial charge in [-0.05, 0) is 52.4 Å². The predicted octanol–water partition coefficient (Wildman–Crippen LogP) is 2.70. The number of nitrogen functional groups attached to an aromatic ring is 1. The zero-order valence-electron chi connectivity index (χ0n) is 11.1. The van der Waals surface area contributed by atoms with E-state index in [0.29, 0.717) is 40.0 Å². The molecule has 1 aliphatic heterocycles. The Balaban J connectivity index is 2.36. The average molecular weight is 347 g/mol. The second kappa shape index (κ2) is 5.42. The van der Waals surface area contributed by atoms with Crippen molar-refractivity contribution in [2.24, 2.45) is 11.8 Å². The third-order valence-corrected chi connectivity index (χ3v) is 6.22. The molecule has 0 radical (unpaired) electrons. The van der Waals surface area contributed by atoms with Crippen molar-refractivity contribution in [2.45, 2.75) is 25.2 Å². The van der Waals surface area contributed by atoms with Crippen LogP contribution in [-0.4, -0.2) is 25.8 Å². The summed E-state index contributed by atoms with van der Waals surface area (Å²) in [5, 5.41) is 0. The van der Waals surface area contributed by atoms with Gasteiger partial charge < -0.3 is 5.73 Å². The monoisotopic (exact) mass is 346 g/mol. The van der Waals surface area contributed by atoms with Gasteiger partial charge >= 0.3 is 0 Å². The molecule has 0 spiro atoms. The third kappa shape index (κ3) is 3.12. The van der Waals surface area contributed by atoms with Gasteiger partial charge in [-0.3, -0.25) is 0 Å². The van der Waals surface area contributed by atoms with Gasteiger partial charge in [0, 0.05) is 23.2 Å². The van der Waals surface area contributed by atoms with Crippen LogP contribution in [0.4, 0.5) is 5.69 Å². The fraction of sp³-hybridized carbons (Fsp3) is 0.538. The van der Waals surface area contributed by atoms with E-state index >= 15 is 0 Å². The molecule has 6 heteroatoms. The second-order valence-corrected chi connectivity index (χ2v) is 8.22. The lowest BCUT2D eigenvalue weighted by atomic mass is 9.94. The first-order valence-corrected chi connectivity index (χ1v) is 8.59. The maximum atomic E-state index is 12.7. The highest BCUT2D eigenvalue weighted by Gasteiger charge is 2.32. The standard InChI is InChI=1S/C13H19BrN2O2S/c1-9-5-10(2)8-16(7-9)19(17,18)13-4-3-11(15)6-12(13)14/h3-4,6,9-10H,5,7-8,15H2,1-2H3. The lowest BCUT2D eigenvalue weighted by Crippen LogP contribution is -2.42. The largest absolute Gasteiger partial charge is 0.399 e. The molecule has 2 atom stereocenters. The highest BCUT2D eigenvalue weighted by atomic mass is 79.9. The van der Waals surface area contributed by atoms with Crippen LogP contribution >= 0.6 is 15.9 Å². The molecule has 0 bridgehead atoms. The molecule has 19 heavy (non-hydrogen) atoms. The van der Waals surface area contributed by atoms with E-state index in [-0.39, 0.29) is 0 Å². The molecule has 2 rings (SSSR count). The Hall–Kier alpha value is -0.590. The van der Waals surface area contributed by atoms with Crippen molar-refractivity contribution in [1.29, 1.82) is 0 Å². The van der Waals surface area contributed by atoms with Gasteiger partial charge in [0.05, 0.1) is 4.90 Å². The van der Waals surface area contributed by atoms with Gasteiger partial charge in [0.1, 0.15) is 0 Å². The zero-order valence-corrected chi connectivity index (χ0v) is 13.5. The van der Waals surface area contributed by atoms with Crippen molar-refractivity contribution < 1.29 is 8.42 Å². The highest BCUT2D eigenvalue weighted by molar-refractivity contribution is 9.10. The summed E-state index contributed by atoms with van der Waals surface area (Å²) in [4.78, 5) is 0.294. The molecule has 106 valence electrons. The van der Waals surface area contributed by atoms with Gasteiger partial charge in [0.25, 0.3) is 0 Å². The van der Waals surface area contributed by atoms with Crippen molar-refractivity contribution >= 4 is 31.6 Å². The van der Waals surface area contributed by atoms with E-state index in [2.05, 4.69) is 29.8 Å². The van der Waals surface area contributed by atoms with E-state index in [9.17, 15) is 8.42 Å². The quantitative estimate of drug-likeness (QED) is 0.837. The van der Waals surface area contributed by atoms with Gasteiger partial charge in [0.2, 0.25) is 10.0 Å². The van der Waals surface area contributed by atoms with E-state index < -0.39 is 10.0 Å². The minimum Gasteiger partial charge on any atom is -0.399 e. The van der Waals surface area contributed by atoms with Crippen LogP contribution in [0.5, 0.6) is 0 Å². The van der Waals surface area contributed by atoms with Crippen molar-refractivity contribution in [3.63, 3.8) is 0 Å². The molecule has 0 aliphatic carbocycles. The van der Waals surface area contributed by atoms with Crippen molar-refractivity contribution in [2.75, 3.05) is 18.8 Å². The Morgan fingerprint density at radius 2 is 1.84 bits per heavy atom. The number of anilines is 1. The first kappa shape index (κ1) is 14.8. The maximum absolute atomic E-state index is 12.7. The van der Waals surface area contributed by atoms with Gasteiger partial charge in [0.15, 0.2) is 0 Å². The maximum Gasteiger partial charge on any atom is 0.244 e. The summed E-state index contributed by atoms with van der Waals surface area (Å²) in [6.07, 6.45) is 1.08. The number of halogens is 1. The molecular weight excluding hydrogens is 328 g/mol. The zero-order chi connectivity index (χ0) is 14.2. The van der Waals surface area contributed by atoms with Crippen molar-refractivity contribution in [3.05, 3.63) is 22.7 Å². The molecule has 1 saturated heterocycles. The average Bonchev–Trinajstić information content (AvgIpc) is 2.26. The smallest absolute Gasteiger partial charge is 0.244 e. The van der Waals surface area contributed by atoms with E-state index in [4.69, 9.17) is 5.73 Å². The van der Waals surface area contributed by atoms with Crippen LogP contribution in [0.15, 0.2) is 27.6 Å². The van der Waals surface area contributed by atoms with E-state index in [1.165, 1.54) is 0 Å². The Morgan fingerprint density at radius 1 is 1.26 bits per heavy atom. The summed E-state index contributed by atoms with van der Waals surface area (Å²) in [7, 11) is -3.44. The van der Waals surface area contributed by atoms with E-state index in [1.54, 1.807) is 22.5 Å². The normalized spacial score (nSPS) is 25.4. The van der Waals surface area contributed by atoms with Crippen molar-refractivity contribution in [1.82, 2.24) is 4.31 Å². The molecule has 0 aromatic heterocycles. The lowest BCUT2D eigenvalue weighted by molar-refractivity contribution is 0.222. The SMILES string of the molecule is CC1CC(C)CN(S(=O)(=O)c2ccc(N)cc2Br)C1. The van der Waals surface area contributed by atoms with Crippen molar-refractivity contribution in [3.8, 4) is 0 Å². The molecule has 2 unspecified atom stereocenters. The van der Waals surface area contributed by atoms with Gasteiger partial charge in [-0.1, -0.05) is 13.8 Å². The first-order valence-electron chi connectivity index (χ1n) is 6.36. The lowest BCUT2D eigenvalue weighted by Gasteiger charge is -2.34. The number of nitrogens with two attached hydrogens (primary N) is 1. The number of nitrogens with zero attached hydrogens (tertiary/aromatic N) is 1. The molecule has 2 N–H and O–H groups in total. The number of sulfonamides is 1. The summed E-state index contributed by atoms with van der Waals surface area (Å²) in [5.41, 5.74) is 6.20. The van der Waals surface area contributed by atoms with Gasteiger partial charge in [-0.2, -0.15) is 4.31 Å². The summed E-state index contributed by atoms with van der Waals surface area (Å²) in [6.45, 7) is 5.36. The molecule has 0 saturated carbocycles. The number of piperidine rings is 1. The Bertz CT molecular complexity index is 564. The Labute approximate surface area is 123 Å². The van der Waals surface area contributed by atoms with Crippen LogP contribution in [0.25, 0.3) is 0 Å². The van der Waals surface area contributed by atoms with Crippen LogP contribution in [0.2, 0.25) is 0 Å². The molecule has 1 aliphatic rings. The van der Waals surface area contributed by atoms with Crippen LogP contribution in [0.1, 0.15) is 20.3 Å². The topological polar surface area (TPSA) is 63.4 Å². The summed E-state index contributed by atoms with van der Waals surface area (Å²) in [5.74, 6) is 0.789. The molecular formula is C13H19BrN2O2S. The molecule has 1 fully saturated rings. The highest BCUT2D eigenvalue weighted by Crippen LogP contribution is 2.31. The van der Waals surface area contributed by atoms with Crippen LogP contribution in [0.3, 0.4) is 0 Å². The summed E-state index contributed by atoms with van der Waals surface area (Å²) >= 11 is 3.29. The minimum atomic E-state index is -3.44. The number of benzene rings is 1. The van der Waals surface area contributed by atoms with Gasteiger partial charge in [-0.15, -0.1) is 0 Å². The second-order valence-electron chi connectivity index (χ2n) is 5.46. The Morgan fingerprint density at radius 3 is 2.37 bits per heavy atom. The van der Waals surface area contributed by atoms with Crippen LogP contribution < -0.4 is 5.73 Å². The first-order chi connectivity index (χ1) is 8.80. The van der Waals surface area contributed by atoms with Gasteiger partial charge in [-0.25, -0.2) is 8.42 Å². The van der Waals surface area contributed by atoms with E-state index in [1.807, 2.05) is 0 Å². The fourth-order valence-corrected chi connectivity index (χ4v) is 5.40. The summed E-state index contributed by atoms with van der Waals surface area (Å²) < 4.78 is 27.4. The van der Waals surface area contributed by atoms with E-state index in [0.717, 1.165) is 6.42 Å². The molecule has 1 aromatic carbocycles. The molecule has 1 heterocycles. The van der Waals surface area contributed by atoms with Crippen LogP contribution in [-0.2, 0) is 10.0 Å². The molecule has 4 nitrogen and oxygen atoms in total. The third-order valence-electron chi connectivity index (χ3n) is 3.41.